The van der Waals surface area contributed by atoms with Crippen molar-refractivity contribution < 1.29 is 19.4 Å². The summed E-state index contributed by atoms with van der Waals surface area (Å²) in [6, 6.07) is 20.5. The lowest BCUT2D eigenvalue weighted by molar-refractivity contribution is -0.140. The van der Waals surface area contributed by atoms with Gasteiger partial charge in [-0.2, -0.15) is 0 Å². The van der Waals surface area contributed by atoms with Crippen LogP contribution in [0.15, 0.2) is 72.3 Å². The van der Waals surface area contributed by atoms with Gasteiger partial charge in [-0.25, -0.2) is 0 Å². The second-order valence-electron chi connectivity index (χ2n) is 8.37. The molecule has 32 heavy (non-hydrogen) atoms. The Balaban J connectivity index is 1.85. The van der Waals surface area contributed by atoms with Crippen molar-refractivity contribution in [3.8, 4) is 0 Å². The molecule has 1 aliphatic heterocycles. The fourth-order valence-electron chi connectivity index (χ4n) is 4.20. The quantitative estimate of drug-likeness (QED) is 0.339. The Labute approximate surface area is 187 Å². The molecule has 1 atom stereocenters. The van der Waals surface area contributed by atoms with Crippen molar-refractivity contribution in [2.75, 3.05) is 20.3 Å². The molecule has 4 rings (SSSR count). The van der Waals surface area contributed by atoms with Crippen LogP contribution in [-0.4, -0.2) is 42.0 Å². The van der Waals surface area contributed by atoms with Gasteiger partial charge in [0, 0.05) is 19.2 Å². The van der Waals surface area contributed by atoms with E-state index in [9.17, 15) is 14.7 Å². The fourth-order valence-corrected chi connectivity index (χ4v) is 4.20. The lowest BCUT2D eigenvalue weighted by Crippen LogP contribution is -2.32. The highest BCUT2D eigenvalue weighted by atomic mass is 16.5. The van der Waals surface area contributed by atoms with E-state index in [-0.39, 0.29) is 17.9 Å². The van der Waals surface area contributed by atoms with Crippen LogP contribution >= 0.6 is 0 Å². The van der Waals surface area contributed by atoms with E-state index in [1.54, 1.807) is 13.2 Å². The molecule has 0 spiro atoms. The number of fused-ring (bicyclic) bond motifs is 1. The second kappa shape index (κ2) is 8.97. The average Bonchev–Trinajstić information content (AvgIpc) is 3.06. The van der Waals surface area contributed by atoms with E-state index < -0.39 is 17.7 Å². The smallest absolute Gasteiger partial charge is 0.295 e. The molecule has 1 saturated heterocycles. The molecule has 1 amide bonds. The number of aliphatic hydroxyl groups is 1. The van der Waals surface area contributed by atoms with Gasteiger partial charge in [-0.15, -0.1) is 0 Å². The summed E-state index contributed by atoms with van der Waals surface area (Å²) in [4.78, 5) is 27.5. The first-order valence-electron chi connectivity index (χ1n) is 10.8. The lowest BCUT2D eigenvalue weighted by atomic mass is 9.93. The number of ketones is 1. The maximum atomic E-state index is 13.1. The van der Waals surface area contributed by atoms with Gasteiger partial charge in [-0.1, -0.05) is 74.5 Å². The minimum Gasteiger partial charge on any atom is -0.507 e. The number of aliphatic hydroxyl groups excluding tert-OH is 1. The van der Waals surface area contributed by atoms with Crippen molar-refractivity contribution in [3.05, 3.63) is 89.0 Å². The number of rotatable bonds is 6. The van der Waals surface area contributed by atoms with E-state index >= 15 is 0 Å². The summed E-state index contributed by atoms with van der Waals surface area (Å²) < 4.78 is 5.17. The van der Waals surface area contributed by atoms with Crippen LogP contribution in [0.25, 0.3) is 16.5 Å². The molecule has 1 aliphatic rings. The van der Waals surface area contributed by atoms with Crippen molar-refractivity contribution in [1.29, 1.82) is 0 Å². The molecule has 1 fully saturated rings. The summed E-state index contributed by atoms with van der Waals surface area (Å²) in [6.45, 7) is 4.77. The molecular weight excluding hydrogens is 402 g/mol. The number of amides is 1. The number of hydrogen-bond donors (Lipinski definition) is 1. The van der Waals surface area contributed by atoms with E-state index in [1.165, 1.54) is 4.90 Å². The first kappa shape index (κ1) is 21.8. The Morgan fingerprint density at radius 3 is 2.34 bits per heavy atom. The Morgan fingerprint density at radius 1 is 1.00 bits per heavy atom. The molecule has 5 heteroatoms. The van der Waals surface area contributed by atoms with Crippen LogP contribution in [0, 0.1) is 0 Å². The highest BCUT2D eigenvalue weighted by molar-refractivity contribution is 6.46. The van der Waals surface area contributed by atoms with Gasteiger partial charge in [-0.3, -0.25) is 9.59 Å². The molecular formula is C27H27NO4. The lowest BCUT2D eigenvalue weighted by Gasteiger charge is -2.25. The van der Waals surface area contributed by atoms with Crippen molar-refractivity contribution in [2.45, 2.75) is 25.8 Å². The number of Topliss-reactive ketones (excluding diaryl/α,β-unsaturated/α-hetero) is 1. The van der Waals surface area contributed by atoms with Crippen molar-refractivity contribution >= 4 is 28.2 Å². The molecule has 0 saturated carbocycles. The van der Waals surface area contributed by atoms with E-state index in [4.69, 9.17) is 4.74 Å². The maximum Gasteiger partial charge on any atom is 0.295 e. The number of hydrogen-bond acceptors (Lipinski definition) is 4. The standard InChI is InChI=1S/C27H27NO4/c1-17(2)18-8-11-20(12-9-18)24-23(26(30)27(31)28(24)14-15-32-3)25(29)22-13-10-19-6-4-5-7-21(19)16-22/h4-13,16-17,24,29H,14-15H2,1-3H3/b25-23-. The van der Waals surface area contributed by atoms with Crippen LogP contribution < -0.4 is 0 Å². The molecule has 1 heterocycles. The second-order valence-corrected chi connectivity index (χ2v) is 8.37. The van der Waals surface area contributed by atoms with Gasteiger partial charge < -0.3 is 14.7 Å². The summed E-state index contributed by atoms with van der Waals surface area (Å²) in [5, 5.41) is 13.2. The third-order valence-electron chi connectivity index (χ3n) is 6.02. The van der Waals surface area contributed by atoms with Crippen LogP contribution in [-0.2, 0) is 14.3 Å². The molecule has 3 aromatic carbocycles. The largest absolute Gasteiger partial charge is 0.507 e. The van der Waals surface area contributed by atoms with E-state index in [0.717, 1.165) is 21.9 Å². The third-order valence-corrected chi connectivity index (χ3v) is 6.02. The number of benzene rings is 3. The third kappa shape index (κ3) is 3.92. The van der Waals surface area contributed by atoms with Crippen LogP contribution in [0.1, 0.15) is 42.5 Å². The first-order valence-corrected chi connectivity index (χ1v) is 10.8. The topological polar surface area (TPSA) is 66.8 Å². The molecule has 0 bridgehead atoms. The van der Waals surface area contributed by atoms with Gasteiger partial charge in [0.15, 0.2) is 0 Å². The Bertz CT molecular complexity index is 1190. The Morgan fingerprint density at radius 2 is 1.69 bits per heavy atom. The molecule has 0 aromatic heterocycles. The van der Waals surface area contributed by atoms with Crippen molar-refractivity contribution in [2.24, 2.45) is 0 Å². The van der Waals surface area contributed by atoms with E-state index in [1.807, 2.05) is 60.7 Å². The summed E-state index contributed by atoms with van der Waals surface area (Å²) in [6.07, 6.45) is 0. The van der Waals surface area contributed by atoms with Crippen LogP contribution in [0.5, 0.6) is 0 Å². The minimum absolute atomic E-state index is 0.110. The number of methoxy groups -OCH3 is 1. The number of ether oxygens (including phenoxy) is 1. The molecule has 164 valence electrons. The number of carbonyl (C=O) groups is 2. The molecule has 0 aliphatic carbocycles. The zero-order valence-corrected chi connectivity index (χ0v) is 18.5. The van der Waals surface area contributed by atoms with Crippen LogP contribution in [0.3, 0.4) is 0 Å². The summed E-state index contributed by atoms with van der Waals surface area (Å²) in [5.74, 6) is -1.10. The van der Waals surface area contributed by atoms with Gasteiger partial charge in [0.2, 0.25) is 0 Å². The molecule has 1 N–H and O–H groups in total. The molecule has 3 aromatic rings. The zero-order chi connectivity index (χ0) is 22.8. The van der Waals surface area contributed by atoms with Crippen molar-refractivity contribution in [3.63, 3.8) is 0 Å². The first-order chi connectivity index (χ1) is 15.4. The molecule has 1 unspecified atom stereocenters. The van der Waals surface area contributed by atoms with E-state index in [2.05, 4.69) is 13.8 Å². The van der Waals surface area contributed by atoms with Gasteiger partial charge in [0.25, 0.3) is 11.7 Å². The summed E-state index contributed by atoms with van der Waals surface area (Å²) in [7, 11) is 1.55. The van der Waals surface area contributed by atoms with Gasteiger partial charge >= 0.3 is 0 Å². The maximum absolute atomic E-state index is 13.1. The highest BCUT2D eigenvalue weighted by Crippen LogP contribution is 2.39. The van der Waals surface area contributed by atoms with Gasteiger partial charge in [0.05, 0.1) is 18.2 Å². The summed E-state index contributed by atoms with van der Waals surface area (Å²) in [5.41, 5.74) is 2.57. The number of likely N-dealkylation sites (tertiary alicyclic amines) is 1. The van der Waals surface area contributed by atoms with Crippen molar-refractivity contribution in [1.82, 2.24) is 4.90 Å². The zero-order valence-electron chi connectivity index (χ0n) is 18.5. The van der Waals surface area contributed by atoms with E-state index in [0.29, 0.717) is 18.1 Å². The van der Waals surface area contributed by atoms with Gasteiger partial charge in [-0.05, 0) is 33.9 Å². The Hall–Kier alpha value is -3.44. The van der Waals surface area contributed by atoms with Crippen LogP contribution in [0.4, 0.5) is 0 Å². The predicted molar refractivity (Wildman–Crippen MR) is 125 cm³/mol. The SMILES string of the molecule is COCCN1C(=O)C(=O)/C(=C(\O)c2ccc3ccccc3c2)C1c1ccc(C(C)C)cc1. The number of nitrogens with zero attached hydrogens (tertiary/aromatic N) is 1. The highest BCUT2D eigenvalue weighted by Gasteiger charge is 2.45. The molecule has 0 radical (unpaired) electrons. The fraction of sp³-hybridized carbons (Fsp3) is 0.259. The predicted octanol–water partition coefficient (Wildman–Crippen LogP) is 5.03. The summed E-state index contributed by atoms with van der Waals surface area (Å²) >= 11 is 0. The Kier molecular flexibility index (Phi) is 6.10. The minimum atomic E-state index is -0.676. The molecule has 5 nitrogen and oxygen atoms in total. The normalized spacial score (nSPS) is 18.1. The monoisotopic (exact) mass is 429 g/mol. The number of carbonyl (C=O) groups excluding carboxylic acids is 2. The van der Waals surface area contributed by atoms with Crippen LogP contribution in [0.2, 0.25) is 0 Å². The van der Waals surface area contributed by atoms with Gasteiger partial charge in [0.1, 0.15) is 5.76 Å². The average molecular weight is 430 g/mol.